The van der Waals surface area contributed by atoms with E-state index in [2.05, 4.69) is 10.1 Å². The van der Waals surface area contributed by atoms with Gasteiger partial charge >= 0.3 is 5.97 Å². The summed E-state index contributed by atoms with van der Waals surface area (Å²) >= 11 is 5.70. The van der Waals surface area contributed by atoms with Crippen LogP contribution in [0.4, 0.5) is 0 Å². The van der Waals surface area contributed by atoms with E-state index in [1.165, 1.54) is 7.11 Å². The van der Waals surface area contributed by atoms with Gasteiger partial charge in [-0.3, -0.25) is 4.79 Å². The van der Waals surface area contributed by atoms with Gasteiger partial charge in [-0.05, 0) is 24.3 Å². The van der Waals surface area contributed by atoms with Crippen LogP contribution in [-0.4, -0.2) is 43.3 Å². The van der Waals surface area contributed by atoms with Crippen LogP contribution in [0.15, 0.2) is 24.3 Å². The Morgan fingerprint density at radius 2 is 2.00 bits per heavy atom. The number of aliphatic hydroxyl groups excluding tert-OH is 1. The highest BCUT2D eigenvalue weighted by molar-refractivity contribution is 6.30. The van der Waals surface area contributed by atoms with Crippen LogP contribution < -0.4 is 10.1 Å². The van der Waals surface area contributed by atoms with E-state index in [-0.39, 0.29) is 6.61 Å². The number of rotatable bonds is 6. The van der Waals surface area contributed by atoms with Gasteiger partial charge in [0.1, 0.15) is 5.75 Å². The third-order valence-corrected chi connectivity index (χ3v) is 2.44. The average molecular weight is 288 g/mol. The van der Waals surface area contributed by atoms with E-state index in [1.54, 1.807) is 24.3 Å². The summed E-state index contributed by atoms with van der Waals surface area (Å²) in [5.41, 5.74) is 0. The van der Waals surface area contributed by atoms with Crippen molar-refractivity contribution in [3.63, 3.8) is 0 Å². The molecule has 0 radical (unpaired) electrons. The summed E-state index contributed by atoms with van der Waals surface area (Å²) in [6.07, 6.45) is 0. The van der Waals surface area contributed by atoms with Crippen molar-refractivity contribution in [2.24, 2.45) is 0 Å². The van der Waals surface area contributed by atoms with Crippen molar-refractivity contribution in [3.05, 3.63) is 29.3 Å². The summed E-state index contributed by atoms with van der Waals surface area (Å²) in [5, 5.41) is 11.8. The molecule has 0 saturated carbocycles. The van der Waals surface area contributed by atoms with E-state index in [1.807, 2.05) is 0 Å². The lowest BCUT2D eigenvalue weighted by Gasteiger charge is -2.14. The smallest absolute Gasteiger partial charge is 0.330 e. The average Bonchev–Trinajstić information content (AvgIpc) is 2.43. The molecule has 1 aromatic carbocycles. The van der Waals surface area contributed by atoms with Gasteiger partial charge < -0.3 is 19.9 Å². The van der Waals surface area contributed by atoms with Crippen LogP contribution >= 0.6 is 11.6 Å². The number of methoxy groups -OCH3 is 1. The molecule has 1 rings (SSSR count). The van der Waals surface area contributed by atoms with Crippen LogP contribution in [0.3, 0.4) is 0 Å². The lowest BCUT2D eigenvalue weighted by Crippen LogP contribution is -2.45. The topological polar surface area (TPSA) is 84.9 Å². The lowest BCUT2D eigenvalue weighted by molar-refractivity contribution is -0.146. The predicted molar refractivity (Wildman–Crippen MR) is 68.0 cm³/mol. The first-order chi connectivity index (χ1) is 9.06. The van der Waals surface area contributed by atoms with Gasteiger partial charge in [-0.2, -0.15) is 0 Å². The Labute approximate surface area is 115 Å². The van der Waals surface area contributed by atoms with E-state index >= 15 is 0 Å². The number of halogens is 1. The Kier molecular flexibility index (Phi) is 6.11. The lowest BCUT2D eigenvalue weighted by atomic mass is 10.3. The van der Waals surface area contributed by atoms with Crippen molar-refractivity contribution in [1.82, 2.24) is 5.32 Å². The highest BCUT2D eigenvalue weighted by Gasteiger charge is 2.20. The molecule has 0 aliphatic carbocycles. The van der Waals surface area contributed by atoms with Crippen LogP contribution in [0.2, 0.25) is 5.02 Å². The molecular weight excluding hydrogens is 274 g/mol. The summed E-state index contributed by atoms with van der Waals surface area (Å²) in [4.78, 5) is 22.6. The fraction of sp³-hybridized carbons (Fsp3) is 0.333. The summed E-state index contributed by atoms with van der Waals surface area (Å²) in [5.74, 6) is -0.792. The maximum Gasteiger partial charge on any atom is 0.330 e. The third-order valence-electron chi connectivity index (χ3n) is 2.19. The second kappa shape index (κ2) is 7.60. The first kappa shape index (κ1) is 15.3. The maximum atomic E-state index is 11.5. The highest BCUT2D eigenvalue weighted by Crippen LogP contribution is 2.15. The van der Waals surface area contributed by atoms with Crippen LogP contribution in [0, 0.1) is 0 Å². The molecule has 0 aliphatic rings. The number of nitrogens with one attached hydrogen (secondary N) is 1. The van der Waals surface area contributed by atoms with Gasteiger partial charge in [0.05, 0.1) is 13.7 Å². The van der Waals surface area contributed by atoms with Crippen molar-refractivity contribution in [1.29, 1.82) is 0 Å². The summed E-state index contributed by atoms with van der Waals surface area (Å²) < 4.78 is 9.59. The SMILES string of the molecule is COC(=O)[C@@H](CO)NC(=O)COc1ccc(Cl)cc1. The third kappa shape index (κ3) is 5.15. The van der Waals surface area contributed by atoms with Gasteiger partial charge in [-0.25, -0.2) is 4.79 Å². The Morgan fingerprint density at radius 1 is 1.37 bits per heavy atom. The second-order valence-electron chi connectivity index (χ2n) is 3.57. The summed E-state index contributed by atoms with van der Waals surface area (Å²) in [7, 11) is 1.17. The van der Waals surface area contributed by atoms with Gasteiger partial charge in [0.25, 0.3) is 5.91 Å². The number of hydrogen-bond acceptors (Lipinski definition) is 5. The standard InChI is InChI=1S/C12H14ClNO5/c1-18-12(17)10(6-15)14-11(16)7-19-9-4-2-8(13)3-5-9/h2-5,10,15H,6-7H2,1H3,(H,14,16)/t10-/m1/s1. The number of esters is 1. The molecule has 6 nitrogen and oxygen atoms in total. The Morgan fingerprint density at radius 3 is 2.53 bits per heavy atom. The quantitative estimate of drug-likeness (QED) is 0.739. The largest absolute Gasteiger partial charge is 0.484 e. The van der Waals surface area contributed by atoms with Gasteiger partial charge in [0.15, 0.2) is 12.6 Å². The molecule has 0 fully saturated rings. The molecule has 0 unspecified atom stereocenters. The number of ether oxygens (including phenoxy) is 2. The van der Waals surface area contributed by atoms with E-state index in [9.17, 15) is 9.59 Å². The molecule has 19 heavy (non-hydrogen) atoms. The van der Waals surface area contributed by atoms with Gasteiger partial charge in [-0.1, -0.05) is 11.6 Å². The first-order valence-corrected chi connectivity index (χ1v) is 5.81. The molecule has 0 aromatic heterocycles. The Hall–Kier alpha value is -1.79. The number of amides is 1. The minimum Gasteiger partial charge on any atom is -0.484 e. The molecule has 2 N–H and O–H groups in total. The van der Waals surface area contributed by atoms with E-state index in [4.69, 9.17) is 21.4 Å². The molecule has 0 aliphatic heterocycles. The monoisotopic (exact) mass is 287 g/mol. The zero-order chi connectivity index (χ0) is 14.3. The molecule has 104 valence electrons. The predicted octanol–water partition coefficient (Wildman–Crippen LogP) is 0.369. The number of benzene rings is 1. The Balaban J connectivity index is 2.42. The first-order valence-electron chi connectivity index (χ1n) is 5.43. The maximum absolute atomic E-state index is 11.5. The molecule has 0 spiro atoms. The molecule has 7 heteroatoms. The number of hydrogen-bond donors (Lipinski definition) is 2. The molecule has 0 bridgehead atoms. The van der Waals surface area contributed by atoms with Crippen LogP contribution in [0.5, 0.6) is 5.75 Å². The van der Waals surface area contributed by atoms with Gasteiger partial charge in [0.2, 0.25) is 0 Å². The van der Waals surface area contributed by atoms with Crippen molar-refractivity contribution >= 4 is 23.5 Å². The van der Waals surface area contributed by atoms with E-state index in [0.717, 1.165) is 0 Å². The van der Waals surface area contributed by atoms with Gasteiger partial charge in [-0.15, -0.1) is 0 Å². The van der Waals surface area contributed by atoms with Crippen molar-refractivity contribution < 1.29 is 24.2 Å². The summed E-state index contributed by atoms with van der Waals surface area (Å²) in [6.45, 7) is -0.825. The molecule has 1 aromatic rings. The molecule has 1 atom stereocenters. The van der Waals surface area contributed by atoms with E-state index < -0.39 is 24.5 Å². The van der Waals surface area contributed by atoms with Gasteiger partial charge in [0, 0.05) is 5.02 Å². The van der Waals surface area contributed by atoms with Crippen LogP contribution in [0.25, 0.3) is 0 Å². The van der Waals surface area contributed by atoms with Crippen LogP contribution in [-0.2, 0) is 14.3 Å². The molecule has 0 saturated heterocycles. The zero-order valence-corrected chi connectivity index (χ0v) is 11.0. The number of aliphatic hydroxyl groups is 1. The van der Waals surface area contributed by atoms with Crippen molar-refractivity contribution in [2.75, 3.05) is 20.3 Å². The normalized spacial score (nSPS) is 11.5. The van der Waals surface area contributed by atoms with Crippen LogP contribution in [0.1, 0.15) is 0 Å². The highest BCUT2D eigenvalue weighted by atomic mass is 35.5. The van der Waals surface area contributed by atoms with E-state index in [0.29, 0.717) is 10.8 Å². The number of carbonyl (C=O) groups excluding carboxylic acids is 2. The zero-order valence-electron chi connectivity index (χ0n) is 10.3. The van der Waals surface area contributed by atoms with Crippen molar-refractivity contribution in [3.8, 4) is 5.75 Å². The fourth-order valence-corrected chi connectivity index (χ4v) is 1.36. The fourth-order valence-electron chi connectivity index (χ4n) is 1.24. The summed E-state index contributed by atoms with van der Waals surface area (Å²) in [6, 6.07) is 5.38. The number of carbonyl (C=O) groups is 2. The molecular formula is C12H14ClNO5. The van der Waals surface area contributed by atoms with Crippen molar-refractivity contribution in [2.45, 2.75) is 6.04 Å². The minimum absolute atomic E-state index is 0.283. The Bertz CT molecular complexity index is 434. The minimum atomic E-state index is -1.09. The molecule has 0 heterocycles. The second-order valence-corrected chi connectivity index (χ2v) is 4.00. The molecule has 1 amide bonds.